The van der Waals surface area contributed by atoms with Crippen LogP contribution >= 0.6 is 0 Å². The lowest BCUT2D eigenvalue weighted by Crippen LogP contribution is -2.58. The molecule has 4 rings (SSSR count). The van der Waals surface area contributed by atoms with Crippen LogP contribution in [0.5, 0.6) is 0 Å². The summed E-state index contributed by atoms with van der Waals surface area (Å²) in [5.41, 5.74) is 6.30. The third-order valence-corrected chi connectivity index (χ3v) is 12.0. The first kappa shape index (κ1) is 24.1. The van der Waals surface area contributed by atoms with E-state index in [1.165, 1.54) is 82.6 Å². The summed E-state index contributed by atoms with van der Waals surface area (Å²) in [5, 5.41) is 0. The highest BCUT2D eigenvalue weighted by molar-refractivity contribution is 5.21. The van der Waals surface area contributed by atoms with Gasteiger partial charge in [-0.05, 0) is 129 Å². The number of allylic oxidation sites excluding steroid dienone is 4. The van der Waals surface area contributed by atoms with Crippen molar-refractivity contribution in [3.8, 4) is 0 Å². The molecule has 32 heavy (non-hydrogen) atoms. The molecule has 0 saturated heterocycles. The second-order valence-corrected chi connectivity index (χ2v) is 12.8. The molecule has 0 aromatic carbocycles. The average molecular weight is 435 g/mol. The van der Waals surface area contributed by atoms with Crippen LogP contribution in [-0.2, 0) is 0 Å². The van der Waals surface area contributed by atoms with Gasteiger partial charge in [0.15, 0.2) is 0 Å². The smallest absolute Gasteiger partial charge is 0.00560 e. The maximum Gasteiger partial charge on any atom is -0.00560 e. The Morgan fingerprint density at radius 3 is 2.44 bits per heavy atom. The first-order valence-electron chi connectivity index (χ1n) is 13.9. The van der Waals surface area contributed by atoms with Crippen molar-refractivity contribution < 1.29 is 0 Å². The predicted octanol–water partition coefficient (Wildman–Crippen LogP) is 9.69. The van der Waals surface area contributed by atoms with Crippen LogP contribution in [0.25, 0.3) is 0 Å². The van der Waals surface area contributed by atoms with E-state index in [1.54, 1.807) is 0 Å². The van der Waals surface area contributed by atoms with E-state index < -0.39 is 0 Å². The molecule has 0 aliphatic heterocycles. The van der Waals surface area contributed by atoms with Gasteiger partial charge in [0.25, 0.3) is 0 Å². The summed E-state index contributed by atoms with van der Waals surface area (Å²) >= 11 is 0. The highest BCUT2D eigenvalue weighted by Gasteiger charge is 2.63. The molecule has 0 bridgehead atoms. The molecule has 4 fully saturated rings. The molecule has 0 heteroatoms. The van der Waals surface area contributed by atoms with Crippen LogP contribution in [0.4, 0.5) is 0 Å². The van der Waals surface area contributed by atoms with Gasteiger partial charge in [0.2, 0.25) is 0 Å². The first-order valence-corrected chi connectivity index (χ1v) is 13.9. The second kappa shape index (κ2) is 8.65. The Bertz CT molecular complexity index is 795. The minimum absolute atomic E-state index is 0.304. The van der Waals surface area contributed by atoms with Gasteiger partial charge in [-0.15, -0.1) is 12.3 Å². The Hall–Kier alpha value is -1.00. The van der Waals surface area contributed by atoms with Crippen molar-refractivity contribution in [1.29, 1.82) is 0 Å². The molecular weight excluding hydrogens is 384 g/mol. The molecular formula is C32H50. The SMILES string of the molecule is C=C=C(C)[C@H]1CCC[C@H]2[C@@H]3CCC4(C=C)C[C@@](C=CC)(CC)CCC[C@]4(C)[C@H]3CC[C@]12C. The van der Waals surface area contributed by atoms with E-state index in [-0.39, 0.29) is 0 Å². The Labute approximate surface area is 199 Å². The van der Waals surface area contributed by atoms with Crippen molar-refractivity contribution in [3.05, 3.63) is 42.7 Å². The van der Waals surface area contributed by atoms with E-state index >= 15 is 0 Å². The van der Waals surface area contributed by atoms with E-state index in [0.29, 0.717) is 27.6 Å². The molecule has 0 spiro atoms. The molecule has 0 N–H and O–H groups in total. The molecule has 178 valence electrons. The number of fused-ring (bicyclic) bond motifs is 5. The lowest BCUT2D eigenvalue weighted by molar-refractivity contribution is -0.150. The summed E-state index contributed by atoms with van der Waals surface area (Å²) in [4.78, 5) is 0. The van der Waals surface area contributed by atoms with Gasteiger partial charge in [-0.3, -0.25) is 0 Å². The normalized spacial score (nSPS) is 48.7. The van der Waals surface area contributed by atoms with Gasteiger partial charge in [0.05, 0.1) is 0 Å². The average Bonchev–Trinajstić information content (AvgIpc) is 2.92. The van der Waals surface area contributed by atoms with E-state index in [4.69, 9.17) is 0 Å². The molecule has 1 unspecified atom stereocenters. The molecule has 0 aromatic rings. The van der Waals surface area contributed by atoms with Crippen molar-refractivity contribution in [2.75, 3.05) is 0 Å². The van der Waals surface area contributed by atoms with Crippen molar-refractivity contribution in [3.63, 3.8) is 0 Å². The zero-order valence-electron chi connectivity index (χ0n) is 21.9. The molecule has 4 aliphatic carbocycles. The summed E-state index contributed by atoms with van der Waals surface area (Å²) in [6.07, 6.45) is 23.9. The van der Waals surface area contributed by atoms with Crippen molar-refractivity contribution >= 4 is 0 Å². The monoisotopic (exact) mass is 434 g/mol. The minimum Gasteiger partial charge on any atom is -0.130 e. The number of hydrogen-bond donors (Lipinski definition) is 0. The summed E-state index contributed by atoms with van der Waals surface area (Å²) in [5.74, 6) is 3.37. The van der Waals surface area contributed by atoms with Gasteiger partial charge in [-0.2, -0.15) is 0 Å². The molecule has 0 heterocycles. The summed E-state index contributed by atoms with van der Waals surface area (Å²) < 4.78 is 0. The minimum atomic E-state index is 0.304. The number of rotatable bonds is 4. The molecule has 0 aromatic heterocycles. The Kier molecular flexibility index (Phi) is 6.53. The predicted molar refractivity (Wildman–Crippen MR) is 139 cm³/mol. The molecule has 0 amide bonds. The van der Waals surface area contributed by atoms with Gasteiger partial charge in [0.1, 0.15) is 0 Å². The van der Waals surface area contributed by atoms with E-state index in [1.807, 2.05) is 0 Å². The fourth-order valence-corrected chi connectivity index (χ4v) is 10.2. The highest BCUT2D eigenvalue weighted by atomic mass is 14.7. The molecule has 0 nitrogen and oxygen atoms in total. The van der Waals surface area contributed by atoms with E-state index in [2.05, 4.69) is 71.7 Å². The van der Waals surface area contributed by atoms with Crippen LogP contribution < -0.4 is 0 Å². The van der Waals surface area contributed by atoms with Gasteiger partial charge in [-0.1, -0.05) is 58.4 Å². The largest absolute Gasteiger partial charge is 0.130 e. The van der Waals surface area contributed by atoms with Crippen molar-refractivity contribution in [2.45, 2.75) is 112 Å². The molecule has 4 saturated carbocycles. The van der Waals surface area contributed by atoms with Gasteiger partial charge in [-0.25, -0.2) is 0 Å². The van der Waals surface area contributed by atoms with Crippen LogP contribution in [0, 0.1) is 45.3 Å². The summed E-state index contributed by atoms with van der Waals surface area (Å²) in [6, 6.07) is 0. The standard InChI is InChI=1S/C32H50/c1-8-18-31(10-3)20-13-19-30(7)28-17-21-29(6)26(24(5)9-2)14-12-15-27(29)25(28)16-22-32(30,11-4)23-31/h8,11,18,25-28H,2,4,10,12-17,19-23H2,1,3,5-7H3/t25-,26+,27-,28-,29+,30+,31+,32?/m0/s1. The topological polar surface area (TPSA) is 0 Å². The maximum atomic E-state index is 4.54. The molecule has 0 radical (unpaired) electrons. The van der Waals surface area contributed by atoms with E-state index in [9.17, 15) is 0 Å². The van der Waals surface area contributed by atoms with Gasteiger partial charge >= 0.3 is 0 Å². The third kappa shape index (κ3) is 3.38. The van der Waals surface area contributed by atoms with Crippen LogP contribution in [0.3, 0.4) is 0 Å². The van der Waals surface area contributed by atoms with Crippen LogP contribution in [0.15, 0.2) is 42.7 Å². The quantitative estimate of drug-likeness (QED) is 0.305. The van der Waals surface area contributed by atoms with Crippen LogP contribution in [-0.4, -0.2) is 0 Å². The highest BCUT2D eigenvalue weighted by Crippen LogP contribution is 2.71. The zero-order valence-corrected chi connectivity index (χ0v) is 21.9. The first-order chi connectivity index (χ1) is 15.2. The van der Waals surface area contributed by atoms with Crippen LogP contribution in [0.2, 0.25) is 0 Å². The number of hydrogen-bond acceptors (Lipinski definition) is 0. The van der Waals surface area contributed by atoms with E-state index in [0.717, 1.165) is 17.8 Å². The zero-order chi connectivity index (χ0) is 23.2. The maximum absolute atomic E-state index is 4.54. The Morgan fingerprint density at radius 1 is 1.00 bits per heavy atom. The van der Waals surface area contributed by atoms with Gasteiger partial charge < -0.3 is 0 Å². The molecule has 8 atom stereocenters. The fraction of sp³-hybridized carbons (Fsp3) is 0.781. The molecule has 4 aliphatic rings. The lowest BCUT2D eigenvalue weighted by Gasteiger charge is -2.66. The van der Waals surface area contributed by atoms with Crippen molar-refractivity contribution in [1.82, 2.24) is 0 Å². The lowest BCUT2D eigenvalue weighted by atomic mass is 9.39. The Morgan fingerprint density at radius 2 is 1.78 bits per heavy atom. The third-order valence-electron chi connectivity index (χ3n) is 12.0. The van der Waals surface area contributed by atoms with Gasteiger partial charge in [0, 0.05) is 0 Å². The fourth-order valence-electron chi connectivity index (χ4n) is 10.2. The summed E-state index contributed by atoms with van der Waals surface area (Å²) in [6.45, 7) is 20.9. The summed E-state index contributed by atoms with van der Waals surface area (Å²) in [7, 11) is 0. The van der Waals surface area contributed by atoms with Crippen molar-refractivity contribution in [2.24, 2.45) is 45.3 Å². The second-order valence-electron chi connectivity index (χ2n) is 12.8. The van der Waals surface area contributed by atoms with Crippen LogP contribution in [0.1, 0.15) is 112 Å². The Balaban J connectivity index is 1.71.